The van der Waals surface area contributed by atoms with Gasteiger partial charge < -0.3 is 14.8 Å². The Morgan fingerprint density at radius 2 is 2.00 bits per heavy atom. The van der Waals surface area contributed by atoms with E-state index in [2.05, 4.69) is 6.20 Å². The van der Waals surface area contributed by atoms with Crippen molar-refractivity contribution in [3.05, 3.63) is 34.5 Å². The van der Waals surface area contributed by atoms with Gasteiger partial charge in [0.2, 0.25) is 0 Å². The van der Waals surface area contributed by atoms with Gasteiger partial charge in [0.15, 0.2) is 0 Å². The molecular formula is C14H18ClNO2. The van der Waals surface area contributed by atoms with Crippen LogP contribution in [0, 0.1) is 6.92 Å². The van der Waals surface area contributed by atoms with E-state index in [1.54, 1.807) is 0 Å². The number of benzene rings is 1. The van der Waals surface area contributed by atoms with Gasteiger partial charge in [-0.15, -0.1) is 0 Å². The summed E-state index contributed by atoms with van der Waals surface area (Å²) in [6, 6.07) is 3.93. The van der Waals surface area contributed by atoms with Crippen LogP contribution in [0.5, 0.6) is 0 Å². The van der Waals surface area contributed by atoms with Gasteiger partial charge in [-0.05, 0) is 37.0 Å². The number of nitrogens with zero attached hydrogens (tertiary/aromatic N) is 1. The van der Waals surface area contributed by atoms with E-state index in [4.69, 9.17) is 21.8 Å². The number of rotatable bonds is 5. The molecule has 0 bridgehead atoms. The topological polar surface area (TPSA) is 45.4 Å². The van der Waals surface area contributed by atoms with Gasteiger partial charge in [0.05, 0.1) is 12.1 Å². The lowest BCUT2D eigenvalue weighted by Crippen LogP contribution is -2.01. The molecule has 3 nitrogen and oxygen atoms in total. The smallest absolute Gasteiger partial charge is 0.0610 e. The Morgan fingerprint density at radius 1 is 1.22 bits per heavy atom. The number of aliphatic hydroxyl groups excluding tert-OH is 2. The molecule has 0 unspecified atom stereocenters. The van der Waals surface area contributed by atoms with Crippen LogP contribution in [-0.4, -0.2) is 28.0 Å². The van der Waals surface area contributed by atoms with Gasteiger partial charge in [-0.1, -0.05) is 17.7 Å². The first-order valence-corrected chi connectivity index (χ1v) is 6.55. The van der Waals surface area contributed by atoms with Crippen LogP contribution in [0.4, 0.5) is 0 Å². The molecule has 1 aromatic carbocycles. The molecule has 0 aliphatic rings. The summed E-state index contributed by atoms with van der Waals surface area (Å²) in [5, 5.41) is 20.0. The third-order valence-electron chi connectivity index (χ3n) is 3.25. The molecule has 18 heavy (non-hydrogen) atoms. The minimum absolute atomic E-state index is 0.106. The van der Waals surface area contributed by atoms with E-state index in [-0.39, 0.29) is 13.2 Å². The summed E-state index contributed by atoms with van der Waals surface area (Å²) in [5.74, 6) is 0. The molecule has 0 radical (unpaired) electrons. The SMILES string of the molecule is Cc1c(Cl)ccc2c(CCCO)cn(CCO)c12. The van der Waals surface area contributed by atoms with E-state index < -0.39 is 0 Å². The van der Waals surface area contributed by atoms with Crippen molar-refractivity contribution in [3.8, 4) is 0 Å². The molecule has 0 amide bonds. The third kappa shape index (κ3) is 2.39. The summed E-state index contributed by atoms with van der Waals surface area (Å²) in [5.41, 5.74) is 3.33. The minimum Gasteiger partial charge on any atom is -0.396 e. The predicted molar refractivity (Wildman–Crippen MR) is 74.2 cm³/mol. The monoisotopic (exact) mass is 267 g/mol. The van der Waals surface area contributed by atoms with E-state index >= 15 is 0 Å². The standard InChI is InChI=1S/C14H18ClNO2/c1-10-13(15)5-4-12-11(3-2-7-17)9-16(6-8-18)14(10)12/h4-5,9,17-18H,2-3,6-8H2,1H3. The summed E-state index contributed by atoms with van der Waals surface area (Å²) >= 11 is 6.16. The highest BCUT2D eigenvalue weighted by Gasteiger charge is 2.12. The zero-order chi connectivity index (χ0) is 13.1. The molecule has 2 aromatic rings. The third-order valence-corrected chi connectivity index (χ3v) is 3.66. The predicted octanol–water partition coefficient (Wildman–Crippen LogP) is 2.52. The maximum atomic E-state index is 9.13. The first-order chi connectivity index (χ1) is 8.69. The molecule has 4 heteroatoms. The van der Waals surface area contributed by atoms with Gasteiger partial charge in [-0.25, -0.2) is 0 Å². The van der Waals surface area contributed by atoms with Crippen LogP contribution in [-0.2, 0) is 13.0 Å². The van der Waals surface area contributed by atoms with Gasteiger partial charge in [0, 0.05) is 29.8 Å². The fraction of sp³-hybridized carbons (Fsp3) is 0.429. The lowest BCUT2D eigenvalue weighted by molar-refractivity contribution is 0.277. The van der Waals surface area contributed by atoms with E-state index in [0.717, 1.165) is 28.9 Å². The molecule has 2 rings (SSSR count). The van der Waals surface area contributed by atoms with Crippen molar-refractivity contribution in [3.63, 3.8) is 0 Å². The first kappa shape index (κ1) is 13.4. The van der Waals surface area contributed by atoms with Crippen molar-refractivity contribution in [1.29, 1.82) is 0 Å². The van der Waals surface area contributed by atoms with Crippen LogP contribution >= 0.6 is 11.6 Å². The van der Waals surface area contributed by atoms with Crippen molar-refractivity contribution >= 4 is 22.5 Å². The summed E-state index contributed by atoms with van der Waals surface area (Å²) in [4.78, 5) is 0. The Bertz CT molecular complexity index is 548. The maximum absolute atomic E-state index is 9.13. The van der Waals surface area contributed by atoms with Gasteiger partial charge in [0.1, 0.15) is 0 Å². The van der Waals surface area contributed by atoms with Gasteiger partial charge in [-0.2, -0.15) is 0 Å². The summed E-state index contributed by atoms with van der Waals surface area (Å²) in [7, 11) is 0. The fourth-order valence-corrected chi connectivity index (χ4v) is 2.53. The van der Waals surface area contributed by atoms with Crippen LogP contribution < -0.4 is 0 Å². The van der Waals surface area contributed by atoms with Crippen LogP contribution in [0.3, 0.4) is 0 Å². The van der Waals surface area contributed by atoms with Crippen molar-refractivity contribution in [2.75, 3.05) is 13.2 Å². The molecule has 0 saturated carbocycles. The van der Waals surface area contributed by atoms with Crippen LogP contribution in [0.25, 0.3) is 10.9 Å². The second-order valence-corrected chi connectivity index (χ2v) is 4.87. The quantitative estimate of drug-likeness (QED) is 0.874. The van der Waals surface area contributed by atoms with Gasteiger partial charge in [0.25, 0.3) is 0 Å². The molecule has 2 N–H and O–H groups in total. The van der Waals surface area contributed by atoms with Crippen LogP contribution in [0.2, 0.25) is 5.02 Å². The van der Waals surface area contributed by atoms with Gasteiger partial charge in [-0.3, -0.25) is 0 Å². The molecular weight excluding hydrogens is 250 g/mol. The summed E-state index contributed by atoms with van der Waals surface area (Å²) < 4.78 is 2.04. The second kappa shape index (κ2) is 5.74. The van der Waals surface area contributed by atoms with Crippen molar-refractivity contribution in [2.24, 2.45) is 0 Å². The Kier molecular flexibility index (Phi) is 4.27. The Morgan fingerprint density at radius 3 is 2.67 bits per heavy atom. The molecule has 98 valence electrons. The number of halogens is 1. The summed E-state index contributed by atoms with van der Waals surface area (Å²) in [6.07, 6.45) is 3.65. The molecule has 1 aromatic heterocycles. The van der Waals surface area contributed by atoms with E-state index in [9.17, 15) is 0 Å². The average Bonchev–Trinajstić information content (AvgIpc) is 2.70. The van der Waals surface area contributed by atoms with E-state index in [1.165, 1.54) is 10.9 Å². The Labute approximate surface area is 112 Å². The van der Waals surface area contributed by atoms with Crippen molar-refractivity contribution < 1.29 is 10.2 Å². The zero-order valence-electron chi connectivity index (χ0n) is 10.5. The fourth-order valence-electron chi connectivity index (χ4n) is 2.38. The lowest BCUT2D eigenvalue weighted by atomic mass is 10.1. The van der Waals surface area contributed by atoms with E-state index in [1.807, 2.05) is 23.6 Å². The number of fused-ring (bicyclic) bond motifs is 1. The molecule has 0 spiro atoms. The zero-order valence-corrected chi connectivity index (χ0v) is 11.2. The van der Waals surface area contributed by atoms with Crippen LogP contribution in [0.15, 0.2) is 18.3 Å². The molecule has 0 aliphatic heterocycles. The molecule has 1 heterocycles. The van der Waals surface area contributed by atoms with Crippen molar-refractivity contribution in [2.45, 2.75) is 26.3 Å². The minimum atomic E-state index is 0.106. The lowest BCUT2D eigenvalue weighted by Gasteiger charge is -2.06. The Hall–Kier alpha value is -1.03. The number of aryl methyl sites for hydroxylation is 2. The highest BCUT2D eigenvalue weighted by Crippen LogP contribution is 2.30. The number of hydrogen-bond donors (Lipinski definition) is 2. The van der Waals surface area contributed by atoms with Gasteiger partial charge >= 0.3 is 0 Å². The average molecular weight is 268 g/mol. The maximum Gasteiger partial charge on any atom is 0.0610 e. The molecule has 0 fully saturated rings. The normalized spacial score (nSPS) is 11.3. The molecule has 0 atom stereocenters. The molecule has 0 aliphatic carbocycles. The van der Waals surface area contributed by atoms with E-state index in [0.29, 0.717) is 6.54 Å². The Balaban J connectivity index is 2.56. The largest absolute Gasteiger partial charge is 0.396 e. The summed E-state index contributed by atoms with van der Waals surface area (Å²) in [6.45, 7) is 2.86. The number of aromatic nitrogens is 1. The van der Waals surface area contributed by atoms with Crippen LogP contribution in [0.1, 0.15) is 17.5 Å². The molecule has 0 saturated heterocycles. The number of hydrogen-bond acceptors (Lipinski definition) is 2. The highest BCUT2D eigenvalue weighted by molar-refractivity contribution is 6.32. The second-order valence-electron chi connectivity index (χ2n) is 4.47. The first-order valence-electron chi connectivity index (χ1n) is 6.17. The number of aliphatic hydroxyl groups is 2. The van der Waals surface area contributed by atoms with Crippen molar-refractivity contribution in [1.82, 2.24) is 4.57 Å². The highest BCUT2D eigenvalue weighted by atomic mass is 35.5.